The van der Waals surface area contributed by atoms with E-state index in [1.54, 1.807) is 17.4 Å². The van der Waals surface area contributed by atoms with Gasteiger partial charge in [0.15, 0.2) is 0 Å². The largest absolute Gasteiger partial charge is 0.363 e. The number of aromatic nitrogens is 2. The van der Waals surface area contributed by atoms with Crippen LogP contribution in [0.5, 0.6) is 0 Å². The van der Waals surface area contributed by atoms with E-state index >= 15 is 0 Å². The van der Waals surface area contributed by atoms with Crippen molar-refractivity contribution in [2.24, 2.45) is 0 Å². The van der Waals surface area contributed by atoms with Crippen molar-refractivity contribution in [1.82, 2.24) is 9.97 Å². The lowest BCUT2D eigenvalue weighted by Gasteiger charge is -2.13. The van der Waals surface area contributed by atoms with Crippen molar-refractivity contribution >= 4 is 28.8 Å². The molecule has 0 aromatic carbocycles. The summed E-state index contributed by atoms with van der Waals surface area (Å²) in [5.41, 5.74) is 0. The molecule has 0 aliphatic carbocycles. The summed E-state index contributed by atoms with van der Waals surface area (Å²) in [4.78, 5) is 9.81. The van der Waals surface area contributed by atoms with E-state index in [0.29, 0.717) is 5.15 Å². The van der Waals surface area contributed by atoms with Gasteiger partial charge in [0.1, 0.15) is 16.8 Å². The smallest absolute Gasteiger partial charge is 0.134 e. The predicted molar refractivity (Wildman–Crippen MR) is 72.8 cm³/mol. The molecule has 2 heterocycles. The zero-order chi connectivity index (χ0) is 12.3. The van der Waals surface area contributed by atoms with E-state index in [-0.39, 0.29) is 6.04 Å². The summed E-state index contributed by atoms with van der Waals surface area (Å²) in [6, 6.07) is 6.13. The van der Waals surface area contributed by atoms with Gasteiger partial charge in [-0.25, -0.2) is 9.97 Å². The van der Waals surface area contributed by atoms with Gasteiger partial charge in [-0.2, -0.15) is 0 Å². The van der Waals surface area contributed by atoms with Crippen LogP contribution in [0.15, 0.2) is 23.6 Å². The van der Waals surface area contributed by atoms with Gasteiger partial charge in [-0.1, -0.05) is 24.6 Å². The van der Waals surface area contributed by atoms with E-state index in [0.717, 1.165) is 18.1 Å². The molecule has 90 valence electrons. The number of thiophene rings is 1. The summed E-state index contributed by atoms with van der Waals surface area (Å²) in [6.45, 7) is 4.12. The van der Waals surface area contributed by atoms with Gasteiger partial charge in [-0.3, -0.25) is 0 Å². The molecule has 5 heteroatoms. The molecule has 0 radical (unpaired) electrons. The molecule has 17 heavy (non-hydrogen) atoms. The zero-order valence-electron chi connectivity index (χ0n) is 9.77. The number of aryl methyl sites for hydroxylation is 1. The average Bonchev–Trinajstić information content (AvgIpc) is 2.81. The maximum atomic E-state index is 5.95. The minimum Gasteiger partial charge on any atom is -0.363 e. The second kappa shape index (κ2) is 5.47. The molecule has 3 nitrogen and oxygen atoms in total. The molecule has 2 aromatic rings. The van der Waals surface area contributed by atoms with Crippen molar-refractivity contribution in [2.45, 2.75) is 26.3 Å². The summed E-state index contributed by atoms with van der Waals surface area (Å²) in [5.74, 6) is 1.54. The topological polar surface area (TPSA) is 37.8 Å². The van der Waals surface area contributed by atoms with Crippen molar-refractivity contribution in [1.29, 1.82) is 0 Å². The first-order valence-electron chi connectivity index (χ1n) is 5.52. The van der Waals surface area contributed by atoms with Crippen LogP contribution in [0.4, 0.5) is 5.82 Å². The molecular formula is C12H14ClN3S. The monoisotopic (exact) mass is 267 g/mol. The number of nitrogens with zero attached hydrogens (tertiary/aromatic N) is 2. The normalized spacial score (nSPS) is 12.4. The first-order valence-corrected chi connectivity index (χ1v) is 6.78. The summed E-state index contributed by atoms with van der Waals surface area (Å²) in [7, 11) is 0. The van der Waals surface area contributed by atoms with Gasteiger partial charge in [0.05, 0.1) is 6.04 Å². The van der Waals surface area contributed by atoms with Crippen molar-refractivity contribution in [3.63, 3.8) is 0 Å². The van der Waals surface area contributed by atoms with Crippen LogP contribution in [0, 0.1) is 0 Å². The highest BCUT2D eigenvalue weighted by molar-refractivity contribution is 7.10. The van der Waals surface area contributed by atoms with Crippen molar-refractivity contribution in [2.75, 3.05) is 5.32 Å². The van der Waals surface area contributed by atoms with Crippen LogP contribution in [0.25, 0.3) is 0 Å². The summed E-state index contributed by atoms with van der Waals surface area (Å²) in [5, 5.41) is 5.89. The summed E-state index contributed by atoms with van der Waals surface area (Å²) in [6.07, 6.45) is 0.780. The van der Waals surface area contributed by atoms with Gasteiger partial charge >= 0.3 is 0 Å². The second-order valence-electron chi connectivity index (χ2n) is 3.73. The van der Waals surface area contributed by atoms with Crippen LogP contribution in [0.1, 0.15) is 30.6 Å². The molecule has 1 N–H and O–H groups in total. The van der Waals surface area contributed by atoms with E-state index in [2.05, 4.69) is 33.7 Å². The molecule has 0 bridgehead atoms. The Hall–Kier alpha value is -1.13. The second-order valence-corrected chi connectivity index (χ2v) is 5.09. The van der Waals surface area contributed by atoms with E-state index < -0.39 is 0 Å². The zero-order valence-corrected chi connectivity index (χ0v) is 11.3. The third-order valence-corrected chi connectivity index (χ3v) is 3.64. The summed E-state index contributed by atoms with van der Waals surface area (Å²) < 4.78 is 0. The Kier molecular flexibility index (Phi) is 3.97. The van der Waals surface area contributed by atoms with Crippen LogP contribution >= 0.6 is 22.9 Å². The molecule has 0 amide bonds. The number of hydrogen-bond acceptors (Lipinski definition) is 4. The van der Waals surface area contributed by atoms with Crippen LogP contribution in [-0.4, -0.2) is 9.97 Å². The molecule has 0 spiro atoms. The maximum absolute atomic E-state index is 5.95. The Bertz CT molecular complexity index is 485. The van der Waals surface area contributed by atoms with Gasteiger partial charge in [0, 0.05) is 17.4 Å². The highest BCUT2D eigenvalue weighted by atomic mass is 35.5. The molecule has 2 aromatic heterocycles. The SMILES string of the molecule is CCc1nc(Cl)cc(NC(C)c2cccs2)n1. The number of rotatable bonds is 4. The standard InChI is InChI=1S/C12H14ClN3S/c1-3-11-15-10(13)7-12(16-11)14-8(2)9-5-4-6-17-9/h4-8H,3H2,1-2H3,(H,14,15,16). The number of halogens is 1. The first-order chi connectivity index (χ1) is 8.19. The Morgan fingerprint density at radius 3 is 2.94 bits per heavy atom. The third kappa shape index (κ3) is 3.17. The fourth-order valence-electron chi connectivity index (χ4n) is 1.53. The molecular weight excluding hydrogens is 254 g/mol. The fourth-order valence-corrected chi connectivity index (χ4v) is 2.46. The van der Waals surface area contributed by atoms with E-state index in [1.807, 2.05) is 13.0 Å². The minimum atomic E-state index is 0.227. The highest BCUT2D eigenvalue weighted by Gasteiger charge is 2.08. The highest BCUT2D eigenvalue weighted by Crippen LogP contribution is 2.23. The van der Waals surface area contributed by atoms with Crippen LogP contribution < -0.4 is 5.32 Å². The Labute approximate surface area is 110 Å². The lowest BCUT2D eigenvalue weighted by atomic mass is 10.3. The van der Waals surface area contributed by atoms with Crippen LogP contribution in [-0.2, 0) is 6.42 Å². The molecule has 0 saturated heterocycles. The average molecular weight is 268 g/mol. The predicted octanol–water partition coefficient (Wildman–Crippen LogP) is 3.93. The molecule has 1 atom stereocenters. The first kappa shape index (κ1) is 12.3. The number of hydrogen-bond donors (Lipinski definition) is 1. The van der Waals surface area contributed by atoms with Gasteiger partial charge in [0.2, 0.25) is 0 Å². The lowest BCUT2D eigenvalue weighted by molar-refractivity contribution is 0.872. The van der Waals surface area contributed by atoms with Crippen LogP contribution in [0.2, 0.25) is 5.15 Å². The lowest BCUT2D eigenvalue weighted by Crippen LogP contribution is -2.08. The molecule has 0 aliphatic rings. The van der Waals surface area contributed by atoms with Gasteiger partial charge in [0.25, 0.3) is 0 Å². The van der Waals surface area contributed by atoms with Gasteiger partial charge in [-0.05, 0) is 18.4 Å². The molecule has 1 unspecified atom stereocenters. The van der Waals surface area contributed by atoms with Crippen molar-refractivity contribution in [3.8, 4) is 0 Å². The van der Waals surface area contributed by atoms with Gasteiger partial charge < -0.3 is 5.32 Å². The van der Waals surface area contributed by atoms with Crippen molar-refractivity contribution in [3.05, 3.63) is 39.4 Å². The minimum absolute atomic E-state index is 0.227. The fraction of sp³-hybridized carbons (Fsp3) is 0.333. The van der Waals surface area contributed by atoms with E-state index in [9.17, 15) is 0 Å². The molecule has 0 aliphatic heterocycles. The molecule has 2 rings (SSSR count). The van der Waals surface area contributed by atoms with E-state index in [4.69, 9.17) is 11.6 Å². The Morgan fingerprint density at radius 2 is 2.29 bits per heavy atom. The van der Waals surface area contributed by atoms with Crippen LogP contribution in [0.3, 0.4) is 0 Å². The summed E-state index contributed by atoms with van der Waals surface area (Å²) >= 11 is 7.67. The third-order valence-electron chi connectivity index (χ3n) is 2.39. The molecule has 0 fully saturated rings. The molecule has 0 saturated carbocycles. The Balaban J connectivity index is 2.15. The number of anilines is 1. The quantitative estimate of drug-likeness (QED) is 0.853. The Morgan fingerprint density at radius 1 is 1.47 bits per heavy atom. The van der Waals surface area contributed by atoms with Gasteiger partial charge in [-0.15, -0.1) is 11.3 Å². The van der Waals surface area contributed by atoms with E-state index in [1.165, 1.54) is 4.88 Å². The number of nitrogens with one attached hydrogen (secondary N) is 1. The maximum Gasteiger partial charge on any atom is 0.134 e. The van der Waals surface area contributed by atoms with Crippen molar-refractivity contribution < 1.29 is 0 Å².